The van der Waals surface area contributed by atoms with Crippen LogP contribution in [0.2, 0.25) is 0 Å². The summed E-state index contributed by atoms with van der Waals surface area (Å²) < 4.78 is 5.60. The maximum Gasteiger partial charge on any atom is 0.0471 e. The Balaban J connectivity index is 1.90. The van der Waals surface area contributed by atoms with Crippen LogP contribution >= 0.6 is 15.9 Å². The first-order chi connectivity index (χ1) is 6.18. The van der Waals surface area contributed by atoms with Crippen molar-refractivity contribution in [3.05, 3.63) is 0 Å². The molecule has 0 aromatic carbocycles. The second-order valence-corrected chi connectivity index (χ2v) is 5.24. The van der Waals surface area contributed by atoms with Crippen molar-refractivity contribution in [1.82, 2.24) is 0 Å². The van der Waals surface area contributed by atoms with E-state index in [-0.39, 0.29) is 0 Å². The van der Waals surface area contributed by atoms with Crippen LogP contribution in [-0.4, -0.2) is 18.5 Å². The smallest absolute Gasteiger partial charge is 0.0471 e. The monoisotopic (exact) mass is 248 g/mol. The second kappa shape index (κ2) is 5.35. The van der Waals surface area contributed by atoms with Gasteiger partial charge < -0.3 is 4.74 Å². The minimum absolute atomic E-state index is 0.623. The van der Waals surface area contributed by atoms with Crippen molar-refractivity contribution in [2.45, 2.75) is 39.5 Å². The molecule has 1 fully saturated rings. The molecule has 13 heavy (non-hydrogen) atoms. The molecule has 0 aromatic heterocycles. The summed E-state index contributed by atoms with van der Waals surface area (Å²) in [4.78, 5) is 0. The summed E-state index contributed by atoms with van der Waals surface area (Å²) in [5.41, 5.74) is 0.623. The van der Waals surface area contributed by atoms with Gasteiger partial charge >= 0.3 is 0 Å². The van der Waals surface area contributed by atoms with Crippen molar-refractivity contribution < 1.29 is 4.74 Å². The van der Waals surface area contributed by atoms with Gasteiger partial charge in [0.25, 0.3) is 0 Å². The highest BCUT2D eigenvalue weighted by Gasteiger charge is 2.40. The summed E-state index contributed by atoms with van der Waals surface area (Å²) in [6.45, 7) is 6.38. The zero-order chi connectivity index (χ0) is 9.73. The highest BCUT2D eigenvalue weighted by atomic mass is 79.9. The molecule has 0 unspecified atom stereocenters. The third kappa shape index (κ3) is 4.46. The van der Waals surface area contributed by atoms with Gasteiger partial charge in [-0.25, -0.2) is 0 Å². The maximum absolute atomic E-state index is 5.60. The maximum atomic E-state index is 5.60. The summed E-state index contributed by atoms with van der Waals surface area (Å²) in [7, 11) is 0. The van der Waals surface area contributed by atoms with Gasteiger partial charge in [0.1, 0.15) is 0 Å². The predicted molar refractivity (Wildman–Crippen MR) is 60.4 cm³/mol. The number of alkyl halides is 1. The molecule has 0 saturated heterocycles. The van der Waals surface area contributed by atoms with E-state index in [1.165, 1.54) is 25.7 Å². The predicted octanol–water partition coefficient (Wildman–Crippen LogP) is 3.61. The van der Waals surface area contributed by atoms with Gasteiger partial charge in [-0.15, -0.1) is 0 Å². The molecule has 1 aliphatic rings. The lowest BCUT2D eigenvalue weighted by molar-refractivity contribution is 0.110. The molecule has 0 aromatic rings. The van der Waals surface area contributed by atoms with Crippen LogP contribution in [0.25, 0.3) is 0 Å². The molecule has 0 N–H and O–H groups in total. The Kier molecular flexibility index (Phi) is 4.74. The van der Waals surface area contributed by atoms with Gasteiger partial charge in [-0.1, -0.05) is 29.8 Å². The number of rotatable bonds is 7. The summed E-state index contributed by atoms with van der Waals surface area (Å²) >= 11 is 3.57. The molecule has 0 heterocycles. The van der Waals surface area contributed by atoms with Gasteiger partial charge in [0.2, 0.25) is 0 Å². The number of ether oxygens (including phenoxy) is 1. The number of hydrogen-bond donors (Lipinski definition) is 0. The van der Waals surface area contributed by atoms with Gasteiger partial charge in [0.05, 0.1) is 0 Å². The molecule has 1 rings (SSSR count). The van der Waals surface area contributed by atoms with Crippen LogP contribution in [0.15, 0.2) is 0 Å². The van der Waals surface area contributed by atoms with Crippen LogP contribution in [0.1, 0.15) is 39.5 Å². The Bertz CT molecular complexity index is 141. The molecule has 0 aliphatic heterocycles. The molecule has 0 atom stereocenters. The molecule has 0 bridgehead atoms. The zero-order valence-electron chi connectivity index (χ0n) is 8.81. The fourth-order valence-electron chi connectivity index (χ4n) is 1.34. The van der Waals surface area contributed by atoms with Crippen LogP contribution in [0.4, 0.5) is 0 Å². The minimum atomic E-state index is 0.623. The lowest BCUT2D eigenvalue weighted by Crippen LogP contribution is -2.08. The fraction of sp³-hybridized carbons (Fsp3) is 1.00. The van der Waals surface area contributed by atoms with Gasteiger partial charge in [0.15, 0.2) is 0 Å². The molecule has 78 valence electrons. The Hall–Kier alpha value is 0.440. The molecular formula is C11H21BrO. The minimum Gasteiger partial charge on any atom is -0.381 e. The molecule has 2 heteroatoms. The second-order valence-electron chi connectivity index (χ2n) is 4.68. The van der Waals surface area contributed by atoms with Crippen LogP contribution in [0, 0.1) is 11.3 Å². The summed E-state index contributed by atoms with van der Waals surface area (Å²) in [5, 5.41) is 1.16. The Morgan fingerprint density at radius 1 is 1.31 bits per heavy atom. The van der Waals surface area contributed by atoms with E-state index in [1.54, 1.807) is 0 Å². The standard InChI is InChI=1S/C11H21BrO/c1-10(2)3-7-13-8-6-11(9-12)4-5-11/h10H,3-9H2,1-2H3. The van der Waals surface area contributed by atoms with Crippen LogP contribution in [0.3, 0.4) is 0 Å². The van der Waals surface area contributed by atoms with Crippen molar-refractivity contribution in [3.63, 3.8) is 0 Å². The zero-order valence-corrected chi connectivity index (χ0v) is 10.4. The molecule has 0 spiro atoms. The largest absolute Gasteiger partial charge is 0.381 e. The van der Waals surface area contributed by atoms with E-state index in [4.69, 9.17) is 4.74 Å². The Morgan fingerprint density at radius 2 is 2.00 bits per heavy atom. The first-order valence-electron chi connectivity index (χ1n) is 5.32. The third-order valence-electron chi connectivity index (χ3n) is 2.86. The molecule has 0 radical (unpaired) electrons. The van der Waals surface area contributed by atoms with Gasteiger partial charge in [-0.3, -0.25) is 0 Å². The average Bonchev–Trinajstić information content (AvgIpc) is 2.84. The SMILES string of the molecule is CC(C)CCOCCC1(CBr)CC1. The third-order valence-corrected chi connectivity index (χ3v) is 4.05. The summed E-state index contributed by atoms with van der Waals surface area (Å²) in [6.07, 6.45) is 5.23. The van der Waals surface area contributed by atoms with E-state index in [1.807, 2.05) is 0 Å². The van der Waals surface area contributed by atoms with E-state index >= 15 is 0 Å². The summed E-state index contributed by atoms with van der Waals surface area (Å²) in [5.74, 6) is 0.770. The van der Waals surface area contributed by atoms with Gasteiger partial charge in [0, 0.05) is 18.5 Å². The Labute approximate surface area is 90.4 Å². The van der Waals surface area contributed by atoms with Crippen LogP contribution in [-0.2, 0) is 4.74 Å². The average molecular weight is 249 g/mol. The van der Waals surface area contributed by atoms with E-state index in [0.717, 1.165) is 24.5 Å². The molecule has 0 amide bonds. The van der Waals surface area contributed by atoms with Crippen molar-refractivity contribution in [1.29, 1.82) is 0 Å². The van der Waals surface area contributed by atoms with Crippen LogP contribution < -0.4 is 0 Å². The first-order valence-corrected chi connectivity index (χ1v) is 6.44. The molecular weight excluding hydrogens is 228 g/mol. The van der Waals surface area contributed by atoms with Crippen molar-refractivity contribution in [2.75, 3.05) is 18.5 Å². The molecule has 1 nitrogen and oxygen atoms in total. The van der Waals surface area contributed by atoms with E-state index in [2.05, 4.69) is 29.8 Å². The molecule has 1 aliphatic carbocycles. The first kappa shape index (κ1) is 11.5. The van der Waals surface area contributed by atoms with Crippen molar-refractivity contribution in [2.24, 2.45) is 11.3 Å². The normalized spacial score (nSPS) is 19.4. The van der Waals surface area contributed by atoms with E-state index in [0.29, 0.717) is 5.41 Å². The highest BCUT2D eigenvalue weighted by molar-refractivity contribution is 9.09. The lowest BCUT2D eigenvalue weighted by Gasteiger charge is -2.11. The van der Waals surface area contributed by atoms with Crippen molar-refractivity contribution >= 4 is 15.9 Å². The van der Waals surface area contributed by atoms with Crippen molar-refractivity contribution in [3.8, 4) is 0 Å². The van der Waals surface area contributed by atoms with E-state index < -0.39 is 0 Å². The topological polar surface area (TPSA) is 9.23 Å². The van der Waals surface area contributed by atoms with Crippen LogP contribution in [0.5, 0.6) is 0 Å². The summed E-state index contributed by atoms with van der Waals surface area (Å²) in [6, 6.07) is 0. The number of halogens is 1. The highest BCUT2D eigenvalue weighted by Crippen LogP contribution is 2.49. The fourth-order valence-corrected chi connectivity index (χ4v) is 2.18. The number of hydrogen-bond acceptors (Lipinski definition) is 1. The Morgan fingerprint density at radius 3 is 2.46 bits per heavy atom. The van der Waals surface area contributed by atoms with E-state index in [9.17, 15) is 0 Å². The quantitative estimate of drug-likeness (QED) is 0.494. The van der Waals surface area contributed by atoms with Gasteiger partial charge in [-0.2, -0.15) is 0 Å². The van der Waals surface area contributed by atoms with Gasteiger partial charge in [-0.05, 0) is 37.0 Å². The lowest BCUT2D eigenvalue weighted by atomic mass is 10.1. The molecule has 1 saturated carbocycles.